The van der Waals surface area contributed by atoms with Gasteiger partial charge in [0.1, 0.15) is 0 Å². The summed E-state index contributed by atoms with van der Waals surface area (Å²) in [5.74, 6) is 0. The molecule has 3 aromatic carbocycles. The number of fused-ring (bicyclic) bond motifs is 14. The zero-order chi connectivity index (χ0) is 26.5. The van der Waals surface area contributed by atoms with E-state index in [1.165, 1.54) is 27.5 Å². The molecule has 3 nitrogen and oxygen atoms in total. The van der Waals surface area contributed by atoms with Gasteiger partial charge < -0.3 is 4.98 Å². The summed E-state index contributed by atoms with van der Waals surface area (Å²) in [6.45, 7) is 0. The summed E-state index contributed by atoms with van der Waals surface area (Å²) in [4.78, 5) is 14.0. The first-order valence-corrected chi connectivity index (χ1v) is 13.7. The Kier molecular flexibility index (Phi) is 5.20. The van der Waals surface area contributed by atoms with Crippen LogP contribution in [0.3, 0.4) is 0 Å². The van der Waals surface area contributed by atoms with Crippen molar-refractivity contribution >= 4 is 45.7 Å². The van der Waals surface area contributed by atoms with Gasteiger partial charge in [0.25, 0.3) is 0 Å². The highest BCUT2D eigenvalue weighted by molar-refractivity contribution is 6.28. The van der Waals surface area contributed by atoms with Crippen LogP contribution in [-0.4, -0.2) is 16.4 Å². The van der Waals surface area contributed by atoms with E-state index in [0.717, 1.165) is 56.6 Å². The minimum atomic E-state index is 0.776. The van der Waals surface area contributed by atoms with E-state index in [-0.39, 0.29) is 0 Å². The van der Waals surface area contributed by atoms with E-state index in [0.29, 0.717) is 0 Å². The summed E-state index contributed by atoms with van der Waals surface area (Å²) in [6, 6.07) is 25.5. The number of nitrogens with one attached hydrogen (secondary N) is 1. The zero-order valence-corrected chi connectivity index (χ0v) is 21.8. The second-order valence-electron chi connectivity index (χ2n) is 10.3. The third kappa shape index (κ3) is 3.75. The SMILES string of the molecule is C1=CC=C2C/C=C3N=C(/C=c4\[nH]/c(c5ccccc45)=C\C4=NC(=C\C=C/2C=C1)/c1ccccc14)c1ccccc1/3. The molecule has 4 aromatic rings. The first kappa shape index (κ1) is 22.7. The number of aromatic amines is 1. The summed E-state index contributed by atoms with van der Waals surface area (Å²) in [5.41, 5.74) is 11.0. The molecule has 3 aliphatic heterocycles. The third-order valence-corrected chi connectivity index (χ3v) is 7.88. The fourth-order valence-corrected chi connectivity index (χ4v) is 5.92. The van der Waals surface area contributed by atoms with Gasteiger partial charge in [-0.1, -0.05) is 115 Å². The Labute approximate surface area is 232 Å². The van der Waals surface area contributed by atoms with Crippen LogP contribution in [0.1, 0.15) is 28.7 Å². The number of H-pyrrole nitrogens is 1. The minimum absolute atomic E-state index is 0.776. The van der Waals surface area contributed by atoms with Crippen LogP contribution >= 0.6 is 0 Å². The Morgan fingerprint density at radius 3 is 1.85 bits per heavy atom. The maximum absolute atomic E-state index is 5.15. The van der Waals surface area contributed by atoms with Crippen molar-refractivity contribution < 1.29 is 0 Å². The lowest BCUT2D eigenvalue weighted by atomic mass is 9.98. The molecule has 0 spiro atoms. The predicted molar refractivity (Wildman–Crippen MR) is 167 cm³/mol. The molecule has 188 valence electrons. The molecule has 4 aliphatic rings. The molecule has 6 bridgehead atoms. The summed E-state index contributed by atoms with van der Waals surface area (Å²) in [7, 11) is 0. The van der Waals surface area contributed by atoms with Crippen LogP contribution in [0.4, 0.5) is 0 Å². The lowest BCUT2D eigenvalue weighted by Gasteiger charge is -2.06. The molecule has 0 saturated heterocycles. The quantitative estimate of drug-likeness (QED) is 0.270. The number of aliphatic imine (C=N–C) groups is 2. The van der Waals surface area contributed by atoms with E-state index in [1.807, 2.05) is 0 Å². The number of allylic oxidation sites excluding steroid dienone is 10. The van der Waals surface area contributed by atoms with Crippen molar-refractivity contribution in [2.75, 3.05) is 0 Å². The van der Waals surface area contributed by atoms with Gasteiger partial charge in [-0.3, -0.25) is 0 Å². The van der Waals surface area contributed by atoms with Gasteiger partial charge in [0.15, 0.2) is 0 Å². The van der Waals surface area contributed by atoms with Gasteiger partial charge in [-0.2, -0.15) is 0 Å². The Balaban J connectivity index is 1.43. The molecule has 0 fully saturated rings. The molecule has 0 atom stereocenters. The lowest BCUT2D eigenvalue weighted by molar-refractivity contribution is 1.24. The van der Waals surface area contributed by atoms with Crippen LogP contribution in [0.2, 0.25) is 0 Å². The monoisotopic (exact) mass is 511 g/mol. The molecule has 4 heterocycles. The number of nitrogens with zero attached hydrogens (tertiary/aromatic N) is 2. The molecule has 3 heteroatoms. The highest BCUT2D eigenvalue weighted by Crippen LogP contribution is 2.33. The van der Waals surface area contributed by atoms with E-state index in [2.05, 4.69) is 139 Å². The van der Waals surface area contributed by atoms with Gasteiger partial charge in [0.2, 0.25) is 0 Å². The molecule has 8 rings (SSSR count). The van der Waals surface area contributed by atoms with Crippen molar-refractivity contribution in [1.82, 2.24) is 4.98 Å². The van der Waals surface area contributed by atoms with Crippen LogP contribution in [0.5, 0.6) is 0 Å². The van der Waals surface area contributed by atoms with Crippen molar-refractivity contribution in [2.45, 2.75) is 6.42 Å². The van der Waals surface area contributed by atoms with Crippen molar-refractivity contribution in [3.05, 3.63) is 166 Å². The molecular formula is C37H25N3. The molecule has 40 heavy (non-hydrogen) atoms. The molecule has 1 aromatic heterocycles. The van der Waals surface area contributed by atoms with Crippen molar-refractivity contribution in [3.63, 3.8) is 0 Å². The van der Waals surface area contributed by atoms with Gasteiger partial charge in [-0.05, 0) is 35.8 Å². The Hall–Kier alpha value is -5.28. The molecule has 0 radical (unpaired) electrons. The second kappa shape index (κ2) is 9.18. The van der Waals surface area contributed by atoms with Crippen LogP contribution in [0, 0.1) is 0 Å². The number of benzene rings is 3. The lowest BCUT2D eigenvalue weighted by Crippen LogP contribution is -2.14. The zero-order valence-electron chi connectivity index (χ0n) is 21.8. The Bertz CT molecular complexity index is 2120. The number of hydrogen-bond acceptors (Lipinski definition) is 2. The smallest absolute Gasteiger partial charge is 0.0737 e. The Morgan fingerprint density at radius 2 is 1.15 bits per heavy atom. The topological polar surface area (TPSA) is 40.5 Å². The minimum Gasteiger partial charge on any atom is -0.354 e. The van der Waals surface area contributed by atoms with E-state index in [4.69, 9.17) is 9.98 Å². The highest BCUT2D eigenvalue weighted by atomic mass is 14.8. The molecular weight excluding hydrogens is 486 g/mol. The van der Waals surface area contributed by atoms with Gasteiger partial charge in [0, 0.05) is 43.7 Å². The van der Waals surface area contributed by atoms with Gasteiger partial charge in [-0.25, -0.2) is 9.98 Å². The fraction of sp³-hybridized carbons (Fsp3) is 0.0270. The molecule has 0 unspecified atom stereocenters. The van der Waals surface area contributed by atoms with Crippen molar-refractivity contribution in [3.8, 4) is 0 Å². The number of rotatable bonds is 0. The van der Waals surface area contributed by atoms with Crippen LogP contribution in [-0.2, 0) is 0 Å². The summed E-state index contributed by atoms with van der Waals surface area (Å²) in [6.07, 6.45) is 22.4. The maximum Gasteiger partial charge on any atom is 0.0737 e. The molecule has 0 saturated carbocycles. The van der Waals surface area contributed by atoms with Crippen LogP contribution < -0.4 is 10.7 Å². The van der Waals surface area contributed by atoms with Gasteiger partial charge >= 0.3 is 0 Å². The predicted octanol–water partition coefficient (Wildman–Crippen LogP) is 6.80. The van der Waals surface area contributed by atoms with Gasteiger partial charge in [-0.15, -0.1) is 0 Å². The Morgan fingerprint density at radius 1 is 0.550 bits per heavy atom. The van der Waals surface area contributed by atoms with Crippen LogP contribution in [0.15, 0.2) is 143 Å². The van der Waals surface area contributed by atoms with E-state index in [1.54, 1.807) is 0 Å². The average Bonchev–Trinajstić information content (AvgIpc) is 3.57. The molecule has 0 amide bonds. The van der Waals surface area contributed by atoms with Crippen LogP contribution in [0.25, 0.3) is 34.3 Å². The highest BCUT2D eigenvalue weighted by Gasteiger charge is 2.20. The average molecular weight is 512 g/mol. The second-order valence-corrected chi connectivity index (χ2v) is 10.3. The third-order valence-electron chi connectivity index (χ3n) is 7.88. The van der Waals surface area contributed by atoms with E-state index in [9.17, 15) is 0 Å². The first-order chi connectivity index (χ1) is 19.8. The van der Waals surface area contributed by atoms with E-state index >= 15 is 0 Å². The summed E-state index contributed by atoms with van der Waals surface area (Å²) >= 11 is 0. The fourth-order valence-electron chi connectivity index (χ4n) is 5.92. The molecule has 1 aliphatic carbocycles. The van der Waals surface area contributed by atoms with Crippen molar-refractivity contribution in [2.24, 2.45) is 9.98 Å². The number of hydrogen-bond donors (Lipinski definition) is 1. The largest absolute Gasteiger partial charge is 0.354 e. The standard InChI is InChI=1S/C37H25N3/c1-2-10-24-18-20-32-26-12-4-6-14-28(26)34(38-32)22-36-30-16-8-9-17-31(30)37(40-36)23-35-29-15-7-5-13-27(29)33(39-35)21-19-25(24)11-3-1/h1-18,20-23,40H,19H2/b24-18-,32-20-,33-21+,36-22-,37-23-. The molecule has 1 N–H and O–H groups in total. The first-order valence-electron chi connectivity index (χ1n) is 13.7. The summed E-state index contributed by atoms with van der Waals surface area (Å²) < 4.78 is 0. The van der Waals surface area contributed by atoms with Crippen molar-refractivity contribution in [1.29, 1.82) is 0 Å². The van der Waals surface area contributed by atoms with E-state index < -0.39 is 0 Å². The normalized spacial score (nSPS) is 22.6. The summed E-state index contributed by atoms with van der Waals surface area (Å²) in [5, 5.41) is 4.44. The number of aromatic nitrogens is 1. The van der Waals surface area contributed by atoms with Gasteiger partial charge in [0.05, 0.1) is 22.8 Å². The maximum atomic E-state index is 5.15.